The summed E-state index contributed by atoms with van der Waals surface area (Å²) in [6.45, 7) is 6.27. The van der Waals surface area contributed by atoms with Crippen molar-refractivity contribution in [1.82, 2.24) is 10.0 Å². The summed E-state index contributed by atoms with van der Waals surface area (Å²) >= 11 is 0. The van der Waals surface area contributed by atoms with Gasteiger partial charge >= 0.3 is 6.09 Å². The number of ether oxygens (including phenoxy) is 1. The van der Waals surface area contributed by atoms with Crippen molar-refractivity contribution >= 4 is 17.0 Å². The maximum absolute atomic E-state index is 12.7. The second-order valence-corrected chi connectivity index (χ2v) is 7.63. The molecule has 0 saturated heterocycles. The van der Waals surface area contributed by atoms with Crippen LogP contribution in [0.5, 0.6) is 0 Å². The van der Waals surface area contributed by atoms with Crippen LogP contribution in [0.1, 0.15) is 37.9 Å². The highest BCUT2D eigenvalue weighted by molar-refractivity contribution is 5.92. The molecule has 1 heterocycles. The second-order valence-electron chi connectivity index (χ2n) is 7.63. The lowest BCUT2D eigenvalue weighted by molar-refractivity contribution is 0.00509. The molecule has 0 fully saturated rings. The fourth-order valence-electron chi connectivity index (χ4n) is 2.98. The highest BCUT2D eigenvalue weighted by Gasteiger charge is 2.23. The second kappa shape index (κ2) is 8.56. The van der Waals surface area contributed by atoms with Crippen molar-refractivity contribution in [3.8, 4) is 0 Å². The predicted molar refractivity (Wildman–Crippen MR) is 110 cm³/mol. The summed E-state index contributed by atoms with van der Waals surface area (Å²) in [5, 5.41) is 0.930. The van der Waals surface area contributed by atoms with E-state index in [2.05, 4.69) is 5.48 Å². The molecule has 6 heteroatoms. The van der Waals surface area contributed by atoms with E-state index in [4.69, 9.17) is 15.3 Å². The summed E-state index contributed by atoms with van der Waals surface area (Å²) in [4.78, 5) is 18.3. The fraction of sp³-hybridized carbons (Fsp3) is 0.318. The van der Waals surface area contributed by atoms with Gasteiger partial charge in [-0.05, 0) is 38.0 Å². The van der Waals surface area contributed by atoms with Crippen LogP contribution in [0, 0.1) is 0 Å². The van der Waals surface area contributed by atoms with Crippen LogP contribution < -0.4 is 11.2 Å². The predicted octanol–water partition coefficient (Wildman–Crippen LogP) is 4.15. The lowest BCUT2D eigenvalue weighted by Crippen LogP contribution is -2.28. The lowest BCUT2D eigenvalue weighted by atomic mass is 10.1. The van der Waals surface area contributed by atoms with E-state index in [0.717, 1.165) is 22.0 Å². The molecule has 148 valence electrons. The SMILES string of the molecule is CC(C)(C)OC(=O)n1cc(C(CN)NOCc2ccccc2)c2ccccc21. The van der Waals surface area contributed by atoms with Crippen molar-refractivity contribution in [1.29, 1.82) is 0 Å². The number of carbonyl (C=O) groups excluding carboxylic acids is 1. The molecule has 0 bridgehead atoms. The Balaban J connectivity index is 1.83. The third-order valence-electron chi connectivity index (χ3n) is 4.25. The van der Waals surface area contributed by atoms with Gasteiger partial charge in [0.05, 0.1) is 18.2 Å². The number of nitrogens with one attached hydrogen (secondary N) is 1. The third kappa shape index (κ3) is 4.78. The molecule has 2 aromatic carbocycles. The number of hydrogen-bond acceptors (Lipinski definition) is 5. The van der Waals surface area contributed by atoms with Gasteiger partial charge < -0.3 is 10.5 Å². The Morgan fingerprint density at radius 2 is 1.79 bits per heavy atom. The number of para-hydroxylation sites is 1. The molecule has 28 heavy (non-hydrogen) atoms. The zero-order valence-electron chi connectivity index (χ0n) is 16.5. The number of rotatable bonds is 6. The van der Waals surface area contributed by atoms with Crippen LogP contribution >= 0.6 is 0 Å². The van der Waals surface area contributed by atoms with Crippen LogP contribution in [0.2, 0.25) is 0 Å². The van der Waals surface area contributed by atoms with Crippen LogP contribution in [-0.4, -0.2) is 22.8 Å². The van der Waals surface area contributed by atoms with Crippen LogP contribution in [0.3, 0.4) is 0 Å². The Labute approximate surface area is 165 Å². The first kappa shape index (κ1) is 20.1. The smallest absolute Gasteiger partial charge is 0.419 e. The van der Waals surface area contributed by atoms with E-state index in [1.165, 1.54) is 4.57 Å². The minimum absolute atomic E-state index is 0.266. The summed E-state index contributed by atoms with van der Waals surface area (Å²) in [5.74, 6) is 0. The van der Waals surface area contributed by atoms with E-state index in [-0.39, 0.29) is 6.04 Å². The number of hydrogen-bond donors (Lipinski definition) is 2. The Bertz CT molecular complexity index is 929. The molecule has 6 nitrogen and oxygen atoms in total. The molecule has 0 aliphatic rings. The van der Waals surface area contributed by atoms with E-state index in [1.54, 1.807) is 6.20 Å². The number of benzene rings is 2. The normalized spacial score (nSPS) is 12.9. The maximum Gasteiger partial charge on any atom is 0.419 e. The molecule has 1 unspecified atom stereocenters. The van der Waals surface area contributed by atoms with Gasteiger partial charge in [-0.1, -0.05) is 48.5 Å². The number of hydroxylamine groups is 1. The number of aromatic nitrogens is 1. The Morgan fingerprint density at radius 3 is 2.46 bits per heavy atom. The van der Waals surface area contributed by atoms with Crippen LogP contribution in [-0.2, 0) is 16.2 Å². The summed E-state index contributed by atoms with van der Waals surface area (Å²) in [6, 6.07) is 17.3. The molecule has 3 N–H and O–H groups in total. The summed E-state index contributed by atoms with van der Waals surface area (Å²) in [7, 11) is 0. The maximum atomic E-state index is 12.7. The molecular formula is C22H27N3O3. The molecule has 1 atom stereocenters. The van der Waals surface area contributed by atoms with Gasteiger partial charge in [-0.25, -0.2) is 4.79 Å². The van der Waals surface area contributed by atoms with E-state index in [1.807, 2.05) is 75.4 Å². The Morgan fingerprint density at radius 1 is 1.11 bits per heavy atom. The first-order chi connectivity index (χ1) is 13.4. The molecule has 0 radical (unpaired) electrons. The average Bonchev–Trinajstić information content (AvgIpc) is 3.05. The molecule has 0 aliphatic carbocycles. The van der Waals surface area contributed by atoms with Gasteiger partial charge in [0.15, 0.2) is 0 Å². The van der Waals surface area contributed by atoms with Crippen molar-refractivity contribution in [2.75, 3.05) is 6.54 Å². The van der Waals surface area contributed by atoms with E-state index < -0.39 is 11.7 Å². The zero-order valence-corrected chi connectivity index (χ0v) is 16.5. The highest BCUT2D eigenvalue weighted by atomic mass is 16.6. The van der Waals surface area contributed by atoms with Crippen LogP contribution in [0.15, 0.2) is 60.8 Å². The van der Waals surface area contributed by atoms with Gasteiger partial charge in [-0.3, -0.25) is 9.40 Å². The summed E-state index contributed by atoms with van der Waals surface area (Å²) in [6.07, 6.45) is 1.35. The first-order valence-electron chi connectivity index (χ1n) is 9.33. The molecule has 0 amide bonds. The first-order valence-corrected chi connectivity index (χ1v) is 9.33. The molecule has 0 saturated carbocycles. The highest BCUT2D eigenvalue weighted by Crippen LogP contribution is 2.27. The molecule has 1 aromatic heterocycles. The number of carbonyl (C=O) groups is 1. The van der Waals surface area contributed by atoms with Crippen molar-refractivity contribution in [3.63, 3.8) is 0 Å². The van der Waals surface area contributed by atoms with Gasteiger partial charge in [0.1, 0.15) is 5.60 Å². The van der Waals surface area contributed by atoms with Crippen LogP contribution in [0.25, 0.3) is 10.9 Å². The van der Waals surface area contributed by atoms with Crippen molar-refractivity contribution in [2.24, 2.45) is 5.73 Å². The minimum Gasteiger partial charge on any atom is -0.443 e. The number of nitrogens with two attached hydrogens (primary N) is 1. The van der Waals surface area contributed by atoms with Gasteiger partial charge in [0.2, 0.25) is 0 Å². The van der Waals surface area contributed by atoms with Gasteiger partial charge in [-0.15, -0.1) is 0 Å². The third-order valence-corrected chi connectivity index (χ3v) is 4.25. The van der Waals surface area contributed by atoms with Gasteiger partial charge in [-0.2, -0.15) is 5.48 Å². The van der Waals surface area contributed by atoms with Crippen molar-refractivity contribution in [3.05, 3.63) is 71.9 Å². The topological polar surface area (TPSA) is 78.5 Å². The summed E-state index contributed by atoms with van der Waals surface area (Å²) < 4.78 is 7.06. The Kier molecular flexibility index (Phi) is 6.14. The molecule has 3 aromatic rings. The number of nitrogens with zero attached hydrogens (tertiary/aromatic N) is 1. The lowest BCUT2D eigenvalue weighted by Gasteiger charge is -2.19. The largest absolute Gasteiger partial charge is 0.443 e. The monoisotopic (exact) mass is 381 g/mol. The quantitative estimate of drug-likeness (QED) is 0.627. The fourth-order valence-corrected chi connectivity index (χ4v) is 2.98. The van der Waals surface area contributed by atoms with E-state index in [9.17, 15) is 4.79 Å². The molecule has 0 spiro atoms. The van der Waals surface area contributed by atoms with Crippen molar-refractivity contribution in [2.45, 2.75) is 39.0 Å². The zero-order chi connectivity index (χ0) is 20.1. The minimum atomic E-state index is -0.576. The van der Waals surface area contributed by atoms with Gasteiger partial charge in [0, 0.05) is 18.1 Å². The Hall–Kier alpha value is -2.67. The summed E-state index contributed by atoms with van der Waals surface area (Å²) in [5.41, 5.74) is 11.2. The van der Waals surface area contributed by atoms with Gasteiger partial charge in [0.25, 0.3) is 0 Å². The molecule has 0 aliphatic heterocycles. The van der Waals surface area contributed by atoms with Crippen LogP contribution in [0.4, 0.5) is 4.79 Å². The molecular weight excluding hydrogens is 354 g/mol. The standard InChI is InChI=1S/C22H27N3O3/c1-22(2,3)28-21(26)25-14-18(17-11-7-8-12-20(17)25)19(13-23)24-27-15-16-9-5-4-6-10-16/h4-12,14,19,24H,13,15,23H2,1-3H3. The molecule has 3 rings (SSSR count). The average molecular weight is 381 g/mol. The number of fused-ring (bicyclic) bond motifs is 1. The van der Waals surface area contributed by atoms with E-state index >= 15 is 0 Å². The van der Waals surface area contributed by atoms with E-state index in [0.29, 0.717) is 13.2 Å². The van der Waals surface area contributed by atoms with Crippen molar-refractivity contribution < 1.29 is 14.4 Å².